The number of rotatable bonds is 4. The standard InChI is InChI=1S/C19H12FN3O2S/c20-16-7-2-1-6-15(16)17(24)21-14-5-3-4-12(10-14)18-22-23-19(25-18)13-8-9-26-11-13/h1-11H,(H,21,24). The number of aromatic nitrogens is 2. The molecule has 0 unspecified atom stereocenters. The summed E-state index contributed by atoms with van der Waals surface area (Å²) in [5, 5.41) is 14.6. The van der Waals surface area contributed by atoms with Gasteiger partial charge in [-0.1, -0.05) is 18.2 Å². The molecule has 2 heterocycles. The highest BCUT2D eigenvalue weighted by Gasteiger charge is 2.14. The lowest BCUT2D eigenvalue weighted by Crippen LogP contribution is -2.13. The van der Waals surface area contributed by atoms with E-state index >= 15 is 0 Å². The summed E-state index contributed by atoms with van der Waals surface area (Å²) in [5.41, 5.74) is 2.00. The molecule has 0 radical (unpaired) electrons. The van der Waals surface area contributed by atoms with Crippen LogP contribution in [-0.2, 0) is 0 Å². The molecular weight excluding hydrogens is 353 g/mol. The average molecular weight is 365 g/mol. The molecule has 0 spiro atoms. The summed E-state index contributed by atoms with van der Waals surface area (Å²) in [5.74, 6) is -0.321. The third-order valence-corrected chi connectivity index (χ3v) is 4.36. The summed E-state index contributed by atoms with van der Waals surface area (Å²) in [6.45, 7) is 0. The molecule has 4 aromatic rings. The molecule has 5 nitrogen and oxygen atoms in total. The van der Waals surface area contributed by atoms with Crippen molar-refractivity contribution in [2.24, 2.45) is 0 Å². The molecule has 4 rings (SSSR count). The van der Waals surface area contributed by atoms with Gasteiger partial charge in [-0.15, -0.1) is 10.2 Å². The molecule has 0 aliphatic heterocycles. The van der Waals surface area contributed by atoms with Gasteiger partial charge in [0.05, 0.1) is 5.56 Å². The number of hydrogen-bond acceptors (Lipinski definition) is 5. The van der Waals surface area contributed by atoms with Gasteiger partial charge in [-0.2, -0.15) is 11.3 Å². The van der Waals surface area contributed by atoms with Gasteiger partial charge in [-0.3, -0.25) is 4.79 Å². The molecule has 0 saturated heterocycles. The van der Waals surface area contributed by atoms with Gasteiger partial charge in [-0.05, 0) is 41.8 Å². The molecule has 0 saturated carbocycles. The number of amides is 1. The van der Waals surface area contributed by atoms with Crippen molar-refractivity contribution in [2.45, 2.75) is 0 Å². The zero-order chi connectivity index (χ0) is 17.9. The van der Waals surface area contributed by atoms with E-state index < -0.39 is 11.7 Å². The van der Waals surface area contributed by atoms with E-state index in [0.29, 0.717) is 23.0 Å². The van der Waals surface area contributed by atoms with Gasteiger partial charge in [0.15, 0.2) is 0 Å². The highest BCUT2D eigenvalue weighted by atomic mass is 32.1. The maximum atomic E-state index is 13.7. The van der Waals surface area contributed by atoms with E-state index in [0.717, 1.165) is 5.56 Å². The summed E-state index contributed by atoms with van der Waals surface area (Å²) < 4.78 is 19.4. The Kier molecular flexibility index (Phi) is 4.28. The predicted molar refractivity (Wildman–Crippen MR) is 97.4 cm³/mol. The molecule has 2 aromatic carbocycles. The molecule has 0 aliphatic rings. The van der Waals surface area contributed by atoms with Crippen molar-refractivity contribution in [1.29, 1.82) is 0 Å². The summed E-state index contributed by atoms with van der Waals surface area (Å²) in [4.78, 5) is 12.2. The maximum Gasteiger partial charge on any atom is 0.258 e. The number of carbonyl (C=O) groups is 1. The van der Waals surface area contributed by atoms with Crippen molar-refractivity contribution in [3.05, 3.63) is 76.7 Å². The fourth-order valence-corrected chi connectivity index (χ4v) is 3.05. The minimum absolute atomic E-state index is 0.0181. The Balaban J connectivity index is 1.57. The van der Waals surface area contributed by atoms with E-state index in [2.05, 4.69) is 15.5 Å². The molecule has 1 N–H and O–H groups in total. The Morgan fingerprint density at radius 1 is 1.00 bits per heavy atom. The van der Waals surface area contributed by atoms with Crippen LogP contribution in [-0.4, -0.2) is 16.1 Å². The minimum atomic E-state index is -0.571. The Morgan fingerprint density at radius 3 is 2.58 bits per heavy atom. The van der Waals surface area contributed by atoms with Crippen LogP contribution in [0, 0.1) is 5.82 Å². The molecule has 1 amide bonds. The highest BCUT2D eigenvalue weighted by Crippen LogP contribution is 2.27. The van der Waals surface area contributed by atoms with Crippen LogP contribution in [0.2, 0.25) is 0 Å². The van der Waals surface area contributed by atoms with Crippen molar-refractivity contribution in [3.63, 3.8) is 0 Å². The first-order chi connectivity index (χ1) is 12.7. The van der Waals surface area contributed by atoms with Crippen molar-refractivity contribution in [2.75, 3.05) is 5.32 Å². The van der Waals surface area contributed by atoms with Gasteiger partial charge in [0.1, 0.15) is 5.82 Å². The van der Waals surface area contributed by atoms with Crippen LogP contribution < -0.4 is 5.32 Å². The Morgan fingerprint density at radius 2 is 1.81 bits per heavy atom. The van der Waals surface area contributed by atoms with Gasteiger partial charge in [0.2, 0.25) is 11.8 Å². The lowest BCUT2D eigenvalue weighted by molar-refractivity contribution is 0.102. The molecule has 0 fully saturated rings. The summed E-state index contributed by atoms with van der Waals surface area (Å²) in [6.07, 6.45) is 0. The van der Waals surface area contributed by atoms with Crippen LogP contribution in [0.1, 0.15) is 10.4 Å². The molecule has 0 bridgehead atoms. The summed E-state index contributed by atoms with van der Waals surface area (Å²) in [7, 11) is 0. The lowest BCUT2D eigenvalue weighted by atomic mass is 10.1. The molecule has 0 atom stereocenters. The number of benzene rings is 2. The van der Waals surface area contributed by atoms with E-state index in [-0.39, 0.29) is 5.56 Å². The van der Waals surface area contributed by atoms with Gasteiger partial charge in [0, 0.05) is 22.2 Å². The first-order valence-electron chi connectivity index (χ1n) is 7.73. The smallest absolute Gasteiger partial charge is 0.258 e. The second-order valence-electron chi connectivity index (χ2n) is 5.44. The lowest BCUT2D eigenvalue weighted by Gasteiger charge is -2.06. The van der Waals surface area contributed by atoms with Crippen LogP contribution in [0.4, 0.5) is 10.1 Å². The minimum Gasteiger partial charge on any atom is -0.416 e. The van der Waals surface area contributed by atoms with E-state index in [4.69, 9.17) is 4.42 Å². The fourth-order valence-electron chi connectivity index (χ4n) is 2.42. The Labute approximate surface area is 152 Å². The van der Waals surface area contributed by atoms with E-state index in [9.17, 15) is 9.18 Å². The number of carbonyl (C=O) groups excluding carboxylic acids is 1. The van der Waals surface area contributed by atoms with E-state index in [1.54, 1.807) is 41.7 Å². The normalized spacial score (nSPS) is 10.7. The first-order valence-corrected chi connectivity index (χ1v) is 8.67. The Hall–Kier alpha value is -3.32. The van der Waals surface area contributed by atoms with Gasteiger partial charge < -0.3 is 9.73 Å². The summed E-state index contributed by atoms with van der Waals surface area (Å²) in [6, 6.07) is 14.7. The number of anilines is 1. The predicted octanol–water partition coefficient (Wildman–Crippen LogP) is 4.86. The first kappa shape index (κ1) is 16.2. The number of halogens is 1. The number of hydrogen-bond donors (Lipinski definition) is 1. The molecule has 26 heavy (non-hydrogen) atoms. The summed E-state index contributed by atoms with van der Waals surface area (Å²) >= 11 is 1.54. The Bertz CT molecular complexity index is 1060. The SMILES string of the molecule is O=C(Nc1cccc(-c2nnc(-c3ccsc3)o2)c1)c1ccccc1F. The van der Waals surface area contributed by atoms with Gasteiger partial charge in [0.25, 0.3) is 5.91 Å². The van der Waals surface area contributed by atoms with E-state index in [1.165, 1.54) is 18.2 Å². The van der Waals surface area contributed by atoms with Crippen molar-refractivity contribution < 1.29 is 13.6 Å². The highest BCUT2D eigenvalue weighted by molar-refractivity contribution is 7.08. The second-order valence-corrected chi connectivity index (χ2v) is 6.22. The topological polar surface area (TPSA) is 68.0 Å². The molecule has 2 aromatic heterocycles. The fraction of sp³-hybridized carbons (Fsp3) is 0. The zero-order valence-electron chi connectivity index (χ0n) is 13.3. The van der Waals surface area contributed by atoms with Crippen LogP contribution in [0.5, 0.6) is 0 Å². The van der Waals surface area contributed by atoms with Crippen LogP contribution in [0.15, 0.2) is 69.8 Å². The van der Waals surface area contributed by atoms with E-state index in [1.807, 2.05) is 16.8 Å². The van der Waals surface area contributed by atoms with Gasteiger partial charge >= 0.3 is 0 Å². The van der Waals surface area contributed by atoms with Crippen molar-refractivity contribution in [3.8, 4) is 22.9 Å². The monoisotopic (exact) mass is 365 g/mol. The number of nitrogens with one attached hydrogen (secondary N) is 1. The third-order valence-electron chi connectivity index (χ3n) is 3.68. The molecule has 7 heteroatoms. The van der Waals surface area contributed by atoms with Crippen molar-refractivity contribution in [1.82, 2.24) is 10.2 Å². The number of thiophene rings is 1. The largest absolute Gasteiger partial charge is 0.416 e. The molecule has 128 valence electrons. The zero-order valence-corrected chi connectivity index (χ0v) is 14.2. The third kappa shape index (κ3) is 3.25. The van der Waals surface area contributed by atoms with Crippen LogP contribution in [0.3, 0.4) is 0 Å². The molecule has 0 aliphatic carbocycles. The second kappa shape index (κ2) is 6.89. The average Bonchev–Trinajstić information content (AvgIpc) is 3.34. The quantitative estimate of drug-likeness (QED) is 0.561. The number of nitrogens with zero attached hydrogens (tertiary/aromatic N) is 2. The van der Waals surface area contributed by atoms with Gasteiger partial charge in [-0.25, -0.2) is 4.39 Å². The maximum absolute atomic E-state index is 13.7. The molecular formula is C19H12FN3O2S. The van der Waals surface area contributed by atoms with Crippen LogP contribution in [0.25, 0.3) is 22.9 Å². The van der Waals surface area contributed by atoms with Crippen LogP contribution >= 0.6 is 11.3 Å². The van der Waals surface area contributed by atoms with Crippen molar-refractivity contribution >= 4 is 22.9 Å².